The molecule has 1 saturated heterocycles. The van der Waals surface area contributed by atoms with E-state index in [-0.39, 0.29) is 12.6 Å². The lowest BCUT2D eigenvalue weighted by Crippen LogP contribution is -2.14. The van der Waals surface area contributed by atoms with E-state index in [4.69, 9.17) is 22.4 Å². The summed E-state index contributed by atoms with van der Waals surface area (Å²) in [5.41, 5.74) is 7.88. The van der Waals surface area contributed by atoms with Gasteiger partial charge in [-0.2, -0.15) is 11.8 Å². The zero-order chi connectivity index (χ0) is 11.5. The Hall–Kier alpha value is -0.220. The number of halogens is 1. The van der Waals surface area contributed by atoms with Gasteiger partial charge in [0.05, 0.1) is 12.6 Å². The van der Waals surface area contributed by atoms with E-state index >= 15 is 0 Å². The molecule has 1 heterocycles. The van der Waals surface area contributed by atoms with Gasteiger partial charge in [-0.25, -0.2) is 0 Å². The molecule has 0 spiro atoms. The first-order valence-corrected chi connectivity index (χ1v) is 6.99. The molecule has 3 N–H and O–H groups in total. The van der Waals surface area contributed by atoms with Crippen LogP contribution in [0, 0.1) is 0 Å². The fourth-order valence-electron chi connectivity index (χ4n) is 1.99. The fraction of sp³-hybridized carbons (Fsp3) is 0.500. The van der Waals surface area contributed by atoms with E-state index in [0.29, 0.717) is 5.92 Å². The van der Waals surface area contributed by atoms with E-state index in [1.54, 1.807) is 0 Å². The summed E-state index contributed by atoms with van der Waals surface area (Å²) >= 11 is 8.24. The number of aliphatic hydroxyl groups is 1. The number of benzene rings is 1. The van der Waals surface area contributed by atoms with Crippen molar-refractivity contribution in [2.24, 2.45) is 5.73 Å². The zero-order valence-corrected chi connectivity index (χ0v) is 10.6. The van der Waals surface area contributed by atoms with Crippen LogP contribution in [0.1, 0.15) is 29.5 Å². The van der Waals surface area contributed by atoms with Crippen molar-refractivity contribution < 1.29 is 5.11 Å². The highest BCUT2D eigenvalue weighted by Crippen LogP contribution is 2.36. The van der Waals surface area contributed by atoms with Gasteiger partial charge in [-0.3, -0.25) is 0 Å². The van der Waals surface area contributed by atoms with Crippen molar-refractivity contribution >= 4 is 23.4 Å². The molecule has 2 rings (SSSR count). The van der Waals surface area contributed by atoms with E-state index in [0.717, 1.165) is 16.3 Å². The lowest BCUT2D eigenvalue weighted by molar-refractivity contribution is 0.268. The number of aliphatic hydroxyl groups excluding tert-OH is 1. The third kappa shape index (κ3) is 2.54. The third-order valence-corrected chi connectivity index (χ3v) is 4.51. The number of hydrogen-bond acceptors (Lipinski definition) is 3. The first kappa shape index (κ1) is 12.2. The highest BCUT2D eigenvalue weighted by molar-refractivity contribution is 7.99. The maximum absolute atomic E-state index is 8.99. The molecular formula is C12H16ClNOS. The van der Waals surface area contributed by atoms with Crippen molar-refractivity contribution in [1.29, 1.82) is 0 Å². The molecule has 0 bridgehead atoms. The molecule has 0 radical (unpaired) electrons. The zero-order valence-electron chi connectivity index (χ0n) is 9.03. The van der Waals surface area contributed by atoms with E-state index in [1.807, 2.05) is 23.9 Å². The van der Waals surface area contributed by atoms with Crippen LogP contribution in [0.15, 0.2) is 18.2 Å². The van der Waals surface area contributed by atoms with Crippen LogP contribution in [0.4, 0.5) is 0 Å². The van der Waals surface area contributed by atoms with Crippen LogP contribution in [0.5, 0.6) is 0 Å². The molecular weight excluding hydrogens is 242 g/mol. The molecule has 0 amide bonds. The minimum absolute atomic E-state index is 0.0467. The monoisotopic (exact) mass is 257 g/mol. The number of hydrogen-bond donors (Lipinski definition) is 2. The maximum atomic E-state index is 8.99. The van der Waals surface area contributed by atoms with Gasteiger partial charge in [0.15, 0.2) is 0 Å². The molecule has 88 valence electrons. The van der Waals surface area contributed by atoms with Crippen molar-refractivity contribution in [2.75, 3.05) is 18.1 Å². The van der Waals surface area contributed by atoms with Gasteiger partial charge >= 0.3 is 0 Å². The second kappa shape index (κ2) is 5.41. The second-order valence-corrected chi connectivity index (χ2v) is 5.69. The first-order chi connectivity index (χ1) is 7.72. The van der Waals surface area contributed by atoms with Gasteiger partial charge in [0.1, 0.15) is 0 Å². The summed E-state index contributed by atoms with van der Waals surface area (Å²) in [6.07, 6.45) is 1.20. The summed E-state index contributed by atoms with van der Waals surface area (Å²) in [7, 11) is 0. The molecule has 0 saturated carbocycles. The molecule has 2 atom stereocenters. The topological polar surface area (TPSA) is 46.2 Å². The highest BCUT2D eigenvalue weighted by Gasteiger charge is 2.20. The van der Waals surface area contributed by atoms with Crippen LogP contribution >= 0.6 is 23.4 Å². The van der Waals surface area contributed by atoms with Gasteiger partial charge in [0.25, 0.3) is 0 Å². The molecule has 0 aromatic heterocycles. The first-order valence-electron chi connectivity index (χ1n) is 5.46. The molecule has 1 aromatic carbocycles. The summed E-state index contributed by atoms with van der Waals surface area (Å²) in [6, 6.07) is 5.60. The Morgan fingerprint density at radius 1 is 1.56 bits per heavy atom. The SMILES string of the molecule is NC(CO)c1ccc(C2CCSC2)c(Cl)c1. The minimum Gasteiger partial charge on any atom is -0.394 e. The van der Waals surface area contributed by atoms with Crippen LogP contribution in [-0.2, 0) is 0 Å². The van der Waals surface area contributed by atoms with Crippen molar-refractivity contribution in [1.82, 2.24) is 0 Å². The van der Waals surface area contributed by atoms with Crippen molar-refractivity contribution in [3.63, 3.8) is 0 Å². The number of thioether (sulfide) groups is 1. The normalized spacial score (nSPS) is 22.3. The lowest BCUT2D eigenvalue weighted by Gasteiger charge is -2.14. The highest BCUT2D eigenvalue weighted by atomic mass is 35.5. The molecule has 2 nitrogen and oxygen atoms in total. The Balaban J connectivity index is 2.22. The lowest BCUT2D eigenvalue weighted by atomic mass is 9.96. The summed E-state index contributed by atoms with van der Waals surface area (Å²) in [5.74, 6) is 2.96. The second-order valence-electron chi connectivity index (χ2n) is 4.13. The molecule has 1 aromatic rings. The van der Waals surface area contributed by atoms with Gasteiger partial charge in [-0.1, -0.05) is 23.7 Å². The third-order valence-electron chi connectivity index (χ3n) is 3.02. The van der Waals surface area contributed by atoms with E-state index in [9.17, 15) is 0 Å². The van der Waals surface area contributed by atoms with Gasteiger partial charge < -0.3 is 10.8 Å². The Labute approximate surface area is 105 Å². The molecule has 2 unspecified atom stereocenters. The Morgan fingerprint density at radius 3 is 2.94 bits per heavy atom. The average molecular weight is 258 g/mol. The summed E-state index contributed by atoms with van der Waals surface area (Å²) in [4.78, 5) is 0. The smallest absolute Gasteiger partial charge is 0.0624 e. The molecule has 1 fully saturated rings. The van der Waals surface area contributed by atoms with Gasteiger partial charge in [-0.05, 0) is 35.3 Å². The summed E-state index contributed by atoms with van der Waals surface area (Å²) in [6.45, 7) is -0.0467. The quantitative estimate of drug-likeness (QED) is 0.875. The van der Waals surface area contributed by atoms with E-state index in [2.05, 4.69) is 6.07 Å². The van der Waals surface area contributed by atoms with Crippen LogP contribution < -0.4 is 5.73 Å². The Morgan fingerprint density at radius 2 is 2.38 bits per heavy atom. The molecule has 1 aliphatic heterocycles. The van der Waals surface area contributed by atoms with Crippen LogP contribution in [-0.4, -0.2) is 23.2 Å². The van der Waals surface area contributed by atoms with E-state index in [1.165, 1.54) is 17.7 Å². The summed E-state index contributed by atoms with van der Waals surface area (Å²) < 4.78 is 0. The van der Waals surface area contributed by atoms with Crippen molar-refractivity contribution in [3.05, 3.63) is 34.3 Å². The largest absolute Gasteiger partial charge is 0.394 e. The molecule has 16 heavy (non-hydrogen) atoms. The minimum atomic E-state index is -0.329. The fourth-order valence-corrected chi connectivity index (χ4v) is 3.58. The Bertz CT molecular complexity index is 366. The number of rotatable bonds is 3. The predicted molar refractivity (Wildman–Crippen MR) is 70.1 cm³/mol. The van der Waals surface area contributed by atoms with Crippen molar-refractivity contribution in [2.45, 2.75) is 18.4 Å². The van der Waals surface area contributed by atoms with Crippen LogP contribution in [0.2, 0.25) is 5.02 Å². The molecule has 0 aliphatic carbocycles. The predicted octanol–water partition coefficient (Wildman–Crippen LogP) is 2.55. The molecule has 4 heteroatoms. The molecule has 1 aliphatic rings. The van der Waals surface area contributed by atoms with Crippen LogP contribution in [0.25, 0.3) is 0 Å². The maximum Gasteiger partial charge on any atom is 0.0624 e. The van der Waals surface area contributed by atoms with Gasteiger partial charge in [-0.15, -0.1) is 0 Å². The summed E-state index contributed by atoms with van der Waals surface area (Å²) in [5, 5.41) is 9.77. The average Bonchev–Trinajstić information content (AvgIpc) is 2.81. The van der Waals surface area contributed by atoms with Crippen molar-refractivity contribution in [3.8, 4) is 0 Å². The van der Waals surface area contributed by atoms with Gasteiger partial charge in [0, 0.05) is 10.8 Å². The van der Waals surface area contributed by atoms with E-state index < -0.39 is 0 Å². The van der Waals surface area contributed by atoms with Gasteiger partial charge in [0.2, 0.25) is 0 Å². The van der Waals surface area contributed by atoms with Crippen LogP contribution in [0.3, 0.4) is 0 Å². The Kier molecular flexibility index (Phi) is 4.14. The number of nitrogens with two attached hydrogens (primary N) is 1. The standard InChI is InChI=1S/C12H16ClNOS/c13-11-5-8(12(14)6-15)1-2-10(11)9-3-4-16-7-9/h1-2,5,9,12,15H,3-4,6-7,14H2.